The number of ketones is 1. The first kappa shape index (κ1) is 29.5. The van der Waals surface area contributed by atoms with E-state index in [1.54, 1.807) is 14.0 Å². The van der Waals surface area contributed by atoms with E-state index >= 15 is 0 Å². The Morgan fingerprint density at radius 1 is 1.10 bits per heavy atom. The number of nitrogens with one attached hydrogen (secondary N) is 1. The minimum absolute atomic E-state index is 0.0675. The van der Waals surface area contributed by atoms with Crippen LogP contribution in [0.15, 0.2) is 60.8 Å². The number of anilines is 1. The van der Waals surface area contributed by atoms with Crippen molar-refractivity contribution in [2.75, 3.05) is 10.6 Å². The van der Waals surface area contributed by atoms with E-state index in [9.17, 15) is 31.5 Å². The number of alkyl halides is 4. The normalized spacial score (nSPS) is 12.1. The van der Waals surface area contributed by atoms with E-state index < -0.39 is 40.8 Å². The van der Waals surface area contributed by atoms with Crippen LogP contribution in [0, 0.1) is 18.6 Å². The molecule has 3 heterocycles. The SMILES string of the molecule is Cc1nc2c(Cl)c(-c3cccn4c(C(=O)c5cc(F)c(NC(=O)/C=C/CBr)c(F)c5)ccc34)c(C(F)(F)F)cc2n1C. The number of aromatic nitrogens is 3. The lowest BCUT2D eigenvalue weighted by atomic mass is 9.97. The third-order valence-electron chi connectivity index (χ3n) is 6.75. The molecule has 42 heavy (non-hydrogen) atoms. The Labute approximate surface area is 248 Å². The van der Waals surface area contributed by atoms with Gasteiger partial charge < -0.3 is 14.3 Å². The second-order valence-electron chi connectivity index (χ2n) is 9.28. The third kappa shape index (κ3) is 5.09. The summed E-state index contributed by atoms with van der Waals surface area (Å²) in [6.45, 7) is 1.64. The van der Waals surface area contributed by atoms with Crippen LogP contribution in [0.3, 0.4) is 0 Å². The van der Waals surface area contributed by atoms with E-state index in [0.717, 1.165) is 24.3 Å². The van der Waals surface area contributed by atoms with Gasteiger partial charge in [-0.15, -0.1) is 0 Å². The van der Waals surface area contributed by atoms with Crippen molar-refractivity contribution in [3.8, 4) is 11.1 Å². The van der Waals surface area contributed by atoms with Gasteiger partial charge in [0, 0.05) is 41.3 Å². The fourth-order valence-corrected chi connectivity index (χ4v) is 5.24. The number of benzene rings is 2. The fourth-order valence-electron chi connectivity index (χ4n) is 4.71. The Morgan fingerprint density at radius 2 is 1.79 bits per heavy atom. The largest absolute Gasteiger partial charge is 0.417 e. The van der Waals surface area contributed by atoms with Crippen molar-refractivity contribution in [1.29, 1.82) is 0 Å². The van der Waals surface area contributed by atoms with Gasteiger partial charge in [-0.2, -0.15) is 13.2 Å². The molecule has 0 aliphatic carbocycles. The van der Waals surface area contributed by atoms with Crippen LogP contribution < -0.4 is 5.32 Å². The standard InChI is InChI=1S/C29H19BrClF5N4O2/c1-14-37-27-22(39(14)2)13-17(29(34,35)36)24(25(27)31)16-5-4-10-40-20(16)7-8-21(40)28(42)15-11-18(32)26(19(33)12-15)38-23(41)6-3-9-30/h3-8,10-13H,9H2,1-2H3,(H,38,41)/b6-3+. The van der Waals surface area contributed by atoms with E-state index in [1.165, 1.54) is 45.5 Å². The number of amides is 1. The summed E-state index contributed by atoms with van der Waals surface area (Å²) >= 11 is 9.67. The van der Waals surface area contributed by atoms with Crippen LogP contribution in [0.1, 0.15) is 27.4 Å². The zero-order chi connectivity index (χ0) is 30.5. The number of carbonyl (C=O) groups is 2. The summed E-state index contributed by atoms with van der Waals surface area (Å²) in [6.07, 6.45) is -0.830. The third-order valence-corrected chi connectivity index (χ3v) is 7.49. The van der Waals surface area contributed by atoms with E-state index in [2.05, 4.69) is 26.2 Å². The molecule has 0 radical (unpaired) electrons. The monoisotopic (exact) mass is 664 g/mol. The highest BCUT2D eigenvalue weighted by Crippen LogP contribution is 2.45. The van der Waals surface area contributed by atoms with Crippen molar-refractivity contribution < 1.29 is 31.5 Å². The topological polar surface area (TPSA) is 68.4 Å². The molecule has 1 amide bonds. The highest BCUT2D eigenvalue weighted by Gasteiger charge is 2.37. The Bertz CT molecular complexity index is 1920. The molecule has 13 heteroatoms. The fraction of sp³-hybridized carbons (Fsp3) is 0.138. The number of hydrogen-bond donors (Lipinski definition) is 1. The first-order valence-corrected chi connectivity index (χ1v) is 13.7. The molecule has 0 aliphatic heterocycles. The maximum absolute atomic E-state index is 14.8. The number of carbonyl (C=O) groups excluding carboxylic acids is 2. The van der Waals surface area contributed by atoms with E-state index in [-0.39, 0.29) is 44.0 Å². The van der Waals surface area contributed by atoms with E-state index in [0.29, 0.717) is 11.2 Å². The van der Waals surface area contributed by atoms with E-state index in [1.807, 2.05) is 0 Å². The van der Waals surface area contributed by atoms with Crippen LogP contribution in [0.5, 0.6) is 0 Å². The van der Waals surface area contributed by atoms with Crippen LogP contribution >= 0.6 is 27.5 Å². The van der Waals surface area contributed by atoms with Crippen LogP contribution in [0.25, 0.3) is 27.7 Å². The molecule has 5 rings (SSSR count). The summed E-state index contributed by atoms with van der Waals surface area (Å²) < 4.78 is 75.4. The molecular weight excluding hydrogens is 647 g/mol. The number of hydrogen-bond acceptors (Lipinski definition) is 3. The van der Waals surface area contributed by atoms with Crippen LogP contribution in [-0.2, 0) is 18.0 Å². The van der Waals surface area contributed by atoms with Gasteiger partial charge in [0.2, 0.25) is 11.7 Å². The van der Waals surface area contributed by atoms with Gasteiger partial charge in [0.15, 0.2) is 0 Å². The summed E-state index contributed by atoms with van der Waals surface area (Å²) in [7, 11) is 1.58. The number of allylic oxidation sites excluding steroid dienone is 1. The number of fused-ring (bicyclic) bond motifs is 2. The summed E-state index contributed by atoms with van der Waals surface area (Å²) in [5.74, 6) is -3.47. The lowest BCUT2D eigenvalue weighted by Crippen LogP contribution is -2.13. The van der Waals surface area contributed by atoms with Gasteiger partial charge in [0.05, 0.1) is 27.3 Å². The van der Waals surface area contributed by atoms with Crippen molar-refractivity contribution in [3.05, 3.63) is 100 Å². The summed E-state index contributed by atoms with van der Waals surface area (Å²) in [4.78, 5) is 29.6. The quantitative estimate of drug-likeness (QED) is 0.0869. The summed E-state index contributed by atoms with van der Waals surface area (Å²) in [5.41, 5.74) is -1.81. The van der Waals surface area contributed by atoms with Crippen LogP contribution in [0.4, 0.5) is 27.6 Å². The first-order chi connectivity index (χ1) is 19.8. The number of nitrogens with zero attached hydrogens (tertiary/aromatic N) is 3. The average molecular weight is 666 g/mol. The molecule has 3 aromatic heterocycles. The van der Waals surface area contributed by atoms with Gasteiger partial charge in [0.1, 0.15) is 28.7 Å². The number of aryl methyl sites for hydroxylation is 2. The molecule has 0 atom stereocenters. The lowest BCUT2D eigenvalue weighted by molar-refractivity contribution is -0.137. The van der Waals surface area contributed by atoms with Gasteiger partial charge in [-0.05, 0) is 43.3 Å². The maximum atomic E-state index is 14.8. The predicted molar refractivity (Wildman–Crippen MR) is 153 cm³/mol. The van der Waals surface area contributed by atoms with Crippen LogP contribution in [-0.4, -0.2) is 31.0 Å². The number of pyridine rings is 1. The van der Waals surface area contributed by atoms with Crippen molar-refractivity contribution >= 4 is 61.5 Å². The van der Waals surface area contributed by atoms with Gasteiger partial charge >= 0.3 is 6.18 Å². The molecule has 5 aromatic rings. The molecule has 0 bridgehead atoms. The number of halogens is 7. The van der Waals surface area contributed by atoms with E-state index in [4.69, 9.17) is 11.6 Å². The van der Waals surface area contributed by atoms with Gasteiger partial charge in [0.25, 0.3) is 0 Å². The molecule has 6 nitrogen and oxygen atoms in total. The minimum Gasteiger partial charge on any atom is -0.331 e. The molecule has 2 aromatic carbocycles. The Kier molecular flexibility index (Phi) is 7.71. The second-order valence-corrected chi connectivity index (χ2v) is 10.3. The first-order valence-electron chi connectivity index (χ1n) is 12.2. The van der Waals surface area contributed by atoms with Crippen molar-refractivity contribution in [1.82, 2.24) is 14.0 Å². The highest BCUT2D eigenvalue weighted by molar-refractivity contribution is 9.09. The molecular formula is C29H19BrClF5N4O2. The Balaban J connectivity index is 1.62. The summed E-state index contributed by atoms with van der Waals surface area (Å²) in [6, 6.07) is 8.15. The average Bonchev–Trinajstić information content (AvgIpc) is 3.49. The molecule has 0 fully saturated rings. The Morgan fingerprint density at radius 3 is 2.43 bits per heavy atom. The number of imidazole rings is 1. The molecule has 216 valence electrons. The lowest BCUT2D eigenvalue weighted by Gasteiger charge is -2.17. The van der Waals surface area contributed by atoms with Gasteiger partial charge in [-0.25, -0.2) is 13.8 Å². The van der Waals surface area contributed by atoms with Crippen molar-refractivity contribution in [2.45, 2.75) is 13.1 Å². The van der Waals surface area contributed by atoms with Gasteiger partial charge in [-0.3, -0.25) is 9.59 Å². The van der Waals surface area contributed by atoms with Gasteiger partial charge in [-0.1, -0.05) is 39.7 Å². The molecule has 0 spiro atoms. The molecule has 0 saturated carbocycles. The van der Waals surface area contributed by atoms with Crippen molar-refractivity contribution in [2.24, 2.45) is 7.05 Å². The Hall–Kier alpha value is -4.03. The van der Waals surface area contributed by atoms with Crippen molar-refractivity contribution in [3.63, 3.8) is 0 Å². The summed E-state index contributed by atoms with van der Waals surface area (Å²) in [5, 5.41) is 2.23. The predicted octanol–water partition coefficient (Wildman–Crippen LogP) is 7.87. The highest BCUT2D eigenvalue weighted by atomic mass is 79.9. The second kappa shape index (κ2) is 11.0. The molecule has 0 unspecified atom stereocenters. The molecule has 1 N–H and O–H groups in total. The molecule has 0 saturated heterocycles. The zero-order valence-corrected chi connectivity index (χ0v) is 24.1. The minimum atomic E-state index is -4.78. The maximum Gasteiger partial charge on any atom is 0.417 e. The number of rotatable bonds is 6. The molecule has 0 aliphatic rings. The zero-order valence-electron chi connectivity index (χ0n) is 21.8. The van der Waals surface area contributed by atoms with Crippen LogP contribution in [0.2, 0.25) is 5.02 Å². The smallest absolute Gasteiger partial charge is 0.331 e.